The second-order valence-corrected chi connectivity index (χ2v) is 10.6. The summed E-state index contributed by atoms with van der Waals surface area (Å²) in [4.78, 5) is 18.2. The van der Waals surface area contributed by atoms with Crippen molar-refractivity contribution in [2.45, 2.75) is 32.6 Å². The van der Waals surface area contributed by atoms with E-state index in [4.69, 9.17) is 9.47 Å². The Bertz CT molecular complexity index is 1000. The maximum Gasteiger partial charge on any atom is 0.252 e. The maximum atomic E-state index is 14.0. The Kier molecular flexibility index (Phi) is 5.69. The van der Waals surface area contributed by atoms with Crippen LogP contribution in [0.3, 0.4) is 0 Å². The van der Waals surface area contributed by atoms with E-state index >= 15 is 0 Å². The van der Waals surface area contributed by atoms with Crippen LogP contribution >= 0.6 is 23.5 Å². The molecule has 0 saturated carbocycles. The van der Waals surface area contributed by atoms with Crippen LogP contribution in [0.15, 0.2) is 94.7 Å². The van der Waals surface area contributed by atoms with Crippen LogP contribution in [-0.2, 0) is 9.53 Å². The van der Waals surface area contributed by atoms with Crippen molar-refractivity contribution in [1.29, 1.82) is 0 Å². The van der Waals surface area contributed by atoms with Crippen molar-refractivity contribution in [1.82, 2.24) is 4.90 Å². The van der Waals surface area contributed by atoms with Gasteiger partial charge in [0.1, 0.15) is 5.75 Å². The summed E-state index contributed by atoms with van der Waals surface area (Å²) in [5.74, 6) is 0.915. The fourth-order valence-corrected chi connectivity index (χ4v) is 7.18. The number of ether oxygens (including phenoxy) is 2. The van der Waals surface area contributed by atoms with Gasteiger partial charge < -0.3 is 14.4 Å². The first kappa shape index (κ1) is 20.5. The summed E-state index contributed by atoms with van der Waals surface area (Å²) in [5.41, 5.74) is 0.974. The van der Waals surface area contributed by atoms with Gasteiger partial charge in [-0.15, -0.1) is 0 Å². The average molecular weight is 450 g/mol. The van der Waals surface area contributed by atoms with Gasteiger partial charge in [-0.25, -0.2) is 0 Å². The van der Waals surface area contributed by atoms with E-state index in [1.165, 1.54) is 0 Å². The zero-order chi connectivity index (χ0) is 21.3. The first-order chi connectivity index (χ1) is 15.2. The molecule has 0 bridgehead atoms. The minimum Gasteiger partial charge on any atom is -0.497 e. The zero-order valence-corrected chi connectivity index (χ0v) is 18.8. The molecule has 0 unspecified atom stereocenters. The fourth-order valence-electron chi connectivity index (χ4n) is 4.15. The highest BCUT2D eigenvalue weighted by Gasteiger charge is 2.58. The second-order valence-electron chi connectivity index (χ2n) is 7.61. The molecule has 0 aromatic heterocycles. The van der Waals surface area contributed by atoms with E-state index in [1.807, 2.05) is 65.6 Å². The molecule has 2 aliphatic heterocycles. The van der Waals surface area contributed by atoms with Crippen molar-refractivity contribution in [2.75, 3.05) is 13.7 Å². The molecular weight excluding hydrogens is 426 g/mol. The molecular formula is C25H23NO3S2. The molecule has 0 radical (unpaired) electrons. The highest BCUT2D eigenvalue weighted by molar-refractivity contribution is 8.19. The molecule has 2 aliphatic rings. The Morgan fingerprint density at radius 2 is 1.48 bits per heavy atom. The van der Waals surface area contributed by atoms with E-state index in [1.54, 1.807) is 30.6 Å². The molecule has 2 saturated heterocycles. The number of carbonyl (C=O) groups excluding carboxylic acids is 1. The average Bonchev–Trinajstić information content (AvgIpc) is 3.33. The van der Waals surface area contributed by atoms with Crippen LogP contribution < -0.4 is 4.74 Å². The summed E-state index contributed by atoms with van der Waals surface area (Å²) in [6, 6.07) is 28.2. The van der Waals surface area contributed by atoms with Crippen LogP contribution in [0.5, 0.6) is 5.75 Å². The van der Waals surface area contributed by atoms with Crippen molar-refractivity contribution in [3.63, 3.8) is 0 Å². The zero-order valence-electron chi connectivity index (χ0n) is 17.1. The molecule has 2 atom stereocenters. The van der Waals surface area contributed by atoms with Gasteiger partial charge in [0.2, 0.25) is 0 Å². The lowest BCUT2D eigenvalue weighted by Gasteiger charge is -2.29. The quantitative estimate of drug-likeness (QED) is 0.458. The van der Waals surface area contributed by atoms with E-state index in [-0.39, 0.29) is 18.2 Å². The molecule has 0 N–H and O–H groups in total. The lowest BCUT2D eigenvalue weighted by Crippen LogP contribution is -2.37. The van der Waals surface area contributed by atoms with Gasteiger partial charge in [-0.05, 0) is 36.4 Å². The van der Waals surface area contributed by atoms with Gasteiger partial charge in [0.15, 0.2) is 10.3 Å². The van der Waals surface area contributed by atoms with Crippen LogP contribution in [0, 0.1) is 0 Å². The van der Waals surface area contributed by atoms with Crippen LogP contribution in [0.4, 0.5) is 0 Å². The number of benzene rings is 3. The number of fused-ring (bicyclic) bond motifs is 1. The van der Waals surface area contributed by atoms with E-state index in [0.29, 0.717) is 6.61 Å². The molecule has 2 fully saturated rings. The van der Waals surface area contributed by atoms with Crippen molar-refractivity contribution >= 4 is 29.4 Å². The highest BCUT2D eigenvalue weighted by atomic mass is 32.2. The highest BCUT2D eigenvalue weighted by Crippen LogP contribution is 2.56. The number of hydrogen-bond acceptors (Lipinski definition) is 5. The van der Waals surface area contributed by atoms with Gasteiger partial charge in [0.25, 0.3) is 5.91 Å². The third-order valence-corrected chi connectivity index (χ3v) is 8.47. The molecule has 0 spiro atoms. The topological polar surface area (TPSA) is 38.8 Å². The molecule has 3 aromatic rings. The summed E-state index contributed by atoms with van der Waals surface area (Å²) in [7, 11) is 1.65. The van der Waals surface area contributed by atoms with Gasteiger partial charge in [-0.3, -0.25) is 4.79 Å². The third kappa shape index (κ3) is 3.95. The Morgan fingerprint density at radius 1 is 0.903 bits per heavy atom. The molecule has 4 nitrogen and oxygen atoms in total. The Morgan fingerprint density at radius 3 is 2.03 bits per heavy atom. The number of methoxy groups -OCH3 is 1. The Labute approximate surface area is 190 Å². The summed E-state index contributed by atoms with van der Waals surface area (Å²) in [6.45, 7) is 0.550. The fraction of sp³-hybridized carbons (Fsp3) is 0.240. The van der Waals surface area contributed by atoms with Crippen LogP contribution in [0.25, 0.3) is 0 Å². The first-order valence-electron chi connectivity index (χ1n) is 10.2. The van der Waals surface area contributed by atoms with Gasteiger partial charge in [0.05, 0.1) is 19.8 Å². The Balaban J connectivity index is 1.48. The van der Waals surface area contributed by atoms with Crippen molar-refractivity contribution in [3.05, 3.63) is 90.5 Å². The molecule has 6 heteroatoms. The lowest BCUT2D eigenvalue weighted by atomic mass is 10.2. The predicted octanol–water partition coefficient (Wildman–Crippen LogP) is 5.61. The first-order valence-corrected chi connectivity index (χ1v) is 11.9. The smallest absolute Gasteiger partial charge is 0.252 e. The monoisotopic (exact) mass is 449 g/mol. The third-order valence-electron chi connectivity index (χ3n) is 5.61. The lowest BCUT2D eigenvalue weighted by molar-refractivity contribution is -0.134. The minimum absolute atomic E-state index is 0.0621. The largest absolute Gasteiger partial charge is 0.497 e. The van der Waals surface area contributed by atoms with Crippen molar-refractivity contribution < 1.29 is 14.3 Å². The summed E-state index contributed by atoms with van der Waals surface area (Å²) < 4.78 is 10.7. The SMILES string of the molecule is COc1ccc([C@H]2OC[C@@H]3CC(Sc4ccccc4)(Sc4ccccc4)C(=O)N32)cc1. The summed E-state index contributed by atoms with van der Waals surface area (Å²) in [6.07, 6.45) is 0.371. The van der Waals surface area contributed by atoms with Crippen LogP contribution in [0.2, 0.25) is 0 Å². The van der Waals surface area contributed by atoms with Gasteiger partial charge >= 0.3 is 0 Å². The normalized spacial score (nSPS) is 21.8. The number of thioether (sulfide) groups is 2. The number of amides is 1. The number of carbonyl (C=O) groups is 1. The van der Waals surface area contributed by atoms with Crippen molar-refractivity contribution in [3.8, 4) is 5.75 Å². The number of rotatable bonds is 6. The maximum absolute atomic E-state index is 14.0. The predicted molar refractivity (Wildman–Crippen MR) is 124 cm³/mol. The molecule has 2 heterocycles. The molecule has 31 heavy (non-hydrogen) atoms. The number of nitrogens with zero attached hydrogens (tertiary/aromatic N) is 1. The van der Waals surface area contributed by atoms with Gasteiger partial charge in [-0.1, -0.05) is 72.1 Å². The summed E-state index contributed by atoms with van der Waals surface area (Å²) >= 11 is 3.32. The molecule has 3 aromatic carbocycles. The standard InChI is InChI=1S/C25H23NO3S2/c1-28-20-14-12-18(13-15-20)23-26-19(17-29-23)16-25(24(26)27,30-21-8-4-2-5-9-21)31-22-10-6-3-7-11-22/h2-15,19,23H,16-17H2,1H3/t19-,23+/m0/s1. The second kappa shape index (κ2) is 8.61. The molecule has 0 aliphatic carbocycles. The van der Waals surface area contributed by atoms with Crippen molar-refractivity contribution in [2.24, 2.45) is 0 Å². The minimum atomic E-state index is -0.623. The molecule has 1 amide bonds. The van der Waals surface area contributed by atoms with Crippen LogP contribution in [-0.4, -0.2) is 34.6 Å². The van der Waals surface area contributed by atoms with E-state index < -0.39 is 4.08 Å². The Hall–Kier alpha value is -2.41. The van der Waals surface area contributed by atoms with E-state index in [0.717, 1.165) is 27.5 Å². The van der Waals surface area contributed by atoms with E-state index in [2.05, 4.69) is 24.3 Å². The molecule has 5 rings (SSSR count). The van der Waals surface area contributed by atoms with Crippen LogP contribution in [0.1, 0.15) is 18.2 Å². The molecule has 158 valence electrons. The van der Waals surface area contributed by atoms with Gasteiger partial charge in [-0.2, -0.15) is 0 Å². The van der Waals surface area contributed by atoms with E-state index in [9.17, 15) is 4.79 Å². The summed E-state index contributed by atoms with van der Waals surface area (Å²) in [5, 5.41) is 0. The number of hydrogen-bond donors (Lipinski definition) is 0. The van der Waals surface area contributed by atoms with Gasteiger partial charge in [0, 0.05) is 21.8 Å².